The molecule has 0 atom stereocenters. The van der Waals surface area contributed by atoms with E-state index in [0.29, 0.717) is 55.8 Å². The molecular formula is C30H34N8O3. The van der Waals surface area contributed by atoms with Crippen molar-refractivity contribution in [1.82, 2.24) is 24.6 Å². The van der Waals surface area contributed by atoms with E-state index in [-0.39, 0.29) is 17.9 Å². The van der Waals surface area contributed by atoms with Gasteiger partial charge in [0.2, 0.25) is 11.9 Å². The van der Waals surface area contributed by atoms with Crippen LogP contribution >= 0.6 is 0 Å². The SMILES string of the molecule is [2H]c1cnc(Nc2cc(NC(=O)C=C)c(N3CCOCC3)cc2OC)nc1-n1cc(CN(C)C)c(-c2ccccc2)n1. The fourth-order valence-electron chi connectivity index (χ4n) is 4.61. The highest BCUT2D eigenvalue weighted by atomic mass is 16.5. The number of nitrogens with zero attached hydrogens (tertiary/aromatic N) is 6. The molecule has 4 aromatic rings. The topological polar surface area (TPSA) is 110 Å². The second-order valence-corrected chi connectivity index (χ2v) is 9.70. The van der Waals surface area contributed by atoms with E-state index in [1.165, 1.54) is 12.3 Å². The minimum Gasteiger partial charge on any atom is -0.494 e. The van der Waals surface area contributed by atoms with Gasteiger partial charge in [0.1, 0.15) is 5.75 Å². The third-order valence-corrected chi connectivity index (χ3v) is 6.49. The lowest BCUT2D eigenvalue weighted by Crippen LogP contribution is -2.36. The van der Waals surface area contributed by atoms with E-state index in [4.69, 9.17) is 15.9 Å². The maximum Gasteiger partial charge on any atom is 0.247 e. The summed E-state index contributed by atoms with van der Waals surface area (Å²) in [5.41, 5.74) is 4.72. The Kier molecular flexibility index (Phi) is 8.15. The summed E-state index contributed by atoms with van der Waals surface area (Å²) in [4.78, 5) is 25.5. The Morgan fingerprint density at radius 2 is 2.00 bits per heavy atom. The van der Waals surface area contributed by atoms with Crippen molar-refractivity contribution in [2.24, 2.45) is 0 Å². The fraction of sp³-hybridized carbons (Fsp3) is 0.267. The van der Waals surface area contributed by atoms with Gasteiger partial charge < -0.3 is 29.9 Å². The van der Waals surface area contributed by atoms with Crippen LogP contribution in [0.5, 0.6) is 5.75 Å². The number of ether oxygens (including phenoxy) is 2. The van der Waals surface area contributed by atoms with Gasteiger partial charge in [-0.15, -0.1) is 0 Å². The molecule has 3 heterocycles. The first-order valence-electron chi connectivity index (χ1n) is 13.7. The zero-order chi connectivity index (χ0) is 29.6. The number of nitrogens with one attached hydrogen (secondary N) is 2. The van der Waals surface area contributed by atoms with E-state index in [1.54, 1.807) is 17.9 Å². The lowest BCUT2D eigenvalue weighted by atomic mass is 10.1. The van der Waals surface area contributed by atoms with Crippen LogP contribution in [0.2, 0.25) is 0 Å². The lowest BCUT2D eigenvalue weighted by Gasteiger charge is -2.31. The molecule has 11 nitrogen and oxygen atoms in total. The molecule has 2 N–H and O–H groups in total. The Morgan fingerprint density at radius 1 is 1.22 bits per heavy atom. The van der Waals surface area contributed by atoms with Crippen LogP contribution in [0, 0.1) is 0 Å². The third-order valence-electron chi connectivity index (χ3n) is 6.49. The molecule has 5 rings (SSSR count). The first kappa shape index (κ1) is 26.5. The second-order valence-electron chi connectivity index (χ2n) is 9.70. The molecule has 1 aliphatic rings. The lowest BCUT2D eigenvalue weighted by molar-refractivity contribution is -0.111. The summed E-state index contributed by atoms with van der Waals surface area (Å²) >= 11 is 0. The molecule has 1 saturated heterocycles. The van der Waals surface area contributed by atoms with Gasteiger partial charge in [0.05, 0.1) is 44.5 Å². The van der Waals surface area contributed by atoms with Crippen molar-refractivity contribution in [3.63, 3.8) is 0 Å². The van der Waals surface area contributed by atoms with Crippen LogP contribution in [-0.4, -0.2) is 78.1 Å². The van der Waals surface area contributed by atoms with Crippen LogP contribution in [0.4, 0.5) is 23.0 Å². The smallest absolute Gasteiger partial charge is 0.247 e. The summed E-state index contributed by atoms with van der Waals surface area (Å²) in [5.74, 6) is 0.759. The molecule has 41 heavy (non-hydrogen) atoms. The number of aromatic nitrogens is 4. The van der Waals surface area contributed by atoms with Crippen LogP contribution < -0.4 is 20.3 Å². The van der Waals surface area contributed by atoms with Gasteiger partial charge >= 0.3 is 0 Å². The average molecular weight is 556 g/mol. The molecule has 212 valence electrons. The quantitative estimate of drug-likeness (QED) is 0.280. The largest absolute Gasteiger partial charge is 0.494 e. The number of hydrogen-bond acceptors (Lipinski definition) is 9. The normalized spacial score (nSPS) is 13.6. The second kappa shape index (κ2) is 12.6. The molecule has 0 bridgehead atoms. The number of morpholine rings is 1. The van der Waals surface area contributed by atoms with E-state index in [2.05, 4.69) is 37.0 Å². The predicted molar refractivity (Wildman–Crippen MR) is 160 cm³/mol. The van der Waals surface area contributed by atoms with Crippen LogP contribution in [-0.2, 0) is 16.1 Å². The van der Waals surface area contributed by atoms with Crippen molar-refractivity contribution < 1.29 is 15.6 Å². The van der Waals surface area contributed by atoms with Crippen LogP contribution in [0.3, 0.4) is 0 Å². The number of methoxy groups -OCH3 is 1. The maximum atomic E-state index is 12.3. The third kappa shape index (κ3) is 6.53. The van der Waals surface area contributed by atoms with Crippen molar-refractivity contribution in [3.8, 4) is 22.8 Å². The zero-order valence-corrected chi connectivity index (χ0v) is 23.4. The predicted octanol–water partition coefficient (Wildman–Crippen LogP) is 4.10. The highest BCUT2D eigenvalue weighted by Crippen LogP contribution is 2.38. The Labute approximate surface area is 240 Å². The monoisotopic (exact) mass is 555 g/mol. The number of hydrogen-bond donors (Lipinski definition) is 2. The van der Waals surface area contributed by atoms with Gasteiger partial charge in [0.25, 0.3) is 0 Å². The Bertz CT molecular complexity index is 1570. The van der Waals surface area contributed by atoms with E-state index in [1.807, 2.05) is 56.7 Å². The highest BCUT2D eigenvalue weighted by molar-refractivity contribution is 6.02. The molecule has 2 aromatic carbocycles. The number of carbonyl (C=O) groups excluding carboxylic acids is 1. The molecule has 11 heteroatoms. The number of benzene rings is 2. The Hall–Kier alpha value is -4.74. The Balaban J connectivity index is 1.52. The molecule has 0 spiro atoms. The van der Waals surface area contributed by atoms with Crippen molar-refractivity contribution in [2.45, 2.75) is 6.54 Å². The number of anilines is 4. The summed E-state index contributed by atoms with van der Waals surface area (Å²) in [7, 11) is 5.57. The first-order valence-corrected chi connectivity index (χ1v) is 13.2. The van der Waals surface area contributed by atoms with E-state index in [0.717, 1.165) is 22.5 Å². The van der Waals surface area contributed by atoms with Crippen molar-refractivity contribution >= 4 is 28.9 Å². The minimum absolute atomic E-state index is 0.118. The summed E-state index contributed by atoms with van der Waals surface area (Å²) in [6.07, 6.45) is 4.55. The molecule has 1 amide bonds. The number of amides is 1. The van der Waals surface area contributed by atoms with E-state index < -0.39 is 0 Å². The summed E-state index contributed by atoms with van der Waals surface area (Å²) in [6, 6.07) is 13.7. The molecule has 1 fully saturated rings. The average Bonchev–Trinajstić information content (AvgIpc) is 3.41. The molecule has 0 unspecified atom stereocenters. The summed E-state index contributed by atoms with van der Waals surface area (Å²) < 4.78 is 21.4. The van der Waals surface area contributed by atoms with E-state index >= 15 is 0 Å². The van der Waals surface area contributed by atoms with Crippen LogP contribution in [0.1, 0.15) is 6.93 Å². The number of rotatable bonds is 10. The maximum absolute atomic E-state index is 12.3. The highest BCUT2D eigenvalue weighted by Gasteiger charge is 2.20. The zero-order valence-electron chi connectivity index (χ0n) is 24.4. The van der Waals surface area contributed by atoms with Gasteiger partial charge in [-0.25, -0.2) is 9.67 Å². The van der Waals surface area contributed by atoms with Crippen molar-refractivity contribution in [2.75, 3.05) is 63.0 Å². The molecule has 2 aromatic heterocycles. The Morgan fingerprint density at radius 3 is 2.71 bits per heavy atom. The molecular weight excluding hydrogens is 520 g/mol. The van der Waals surface area contributed by atoms with Gasteiger partial charge in [-0.2, -0.15) is 10.1 Å². The standard InChI is InChI=1S/C30H34N8O3/c1-5-28(39)32-23-17-24(26(40-4)18-25(23)37-13-15-41-16-14-37)33-30-31-12-11-27(34-30)38-20-22(19-36(2)3)29(35-38)21-9-7-6-8-10-21/h5-12,17-18,20H,1,13-16,19H2,2-4H3,(H,32,39)(H,31,33,34)/i11D. The summed E-state index contributed by atoms with van der Waals surface area (Å²) in [6.45, 7) is 6.77. The summed E-state index contributed by atoms with van der Waals surface area (Å²) in [5, 5.41) is 10.9. The minimum atomic E-state index is -0.334. The van der Waals surface area contributed by atoms with Gasteiger partial charge in [0.15, 0.2) is 5.82 Å². The number of carbonyl (C=O) groups is 1. The molecule has 0 saturated carbocycles. The molecule has 0 radical (unpaired) electrons. The van der Waals surface area contributed by atoms with Gasteiger partial charge in [-0.3, -0.25) is 4.79 Å². The van der Waals surface area contributed by atoms with Crippen molar-refractivity contribution in [1.29, 1.82) is 0 Å². The van der Waals surface area contributed by atoms with Gasteiger partial charge in [-0.1, -0.05) is 36.9 Å². The van der Waals surface area contributed by atoms with Crippen LogP contribution in [0.25, 0.3) is 17.1 Å². The fourth-order valence-corrected chi connectivity index (χ4v) is 4.61. The molecule has 0 aliphatic carbocycles. The first-order chi connectivity index (χ1) is 20.4. The van der Waals surface area contributed by atoms with Gasteiger partial charge in [-0.05, 0) is 26.2 Å². The van der Waals surface area contributed by atoms with Crippen molar-refractivity contribution in [3.05, 3.63) is 79.1 Å². The molecule has 1 aliphatic heterocycles. The van der Waals surface area contributed by atoms with Crippen LogP contribution in [0.15, 0.2) is 73.6 Å². The van der Waals surface area contributed by atoms with E-state index in [9.17, 15) is 4.79 Å². The van der Waals surface area contributed by atoms with Gasteiger partial charge in [0, 0.05) is 55.3 Å².